The fraction of sp³-hybridized carbons (Fsp3) is 0.455. The van der Waals surface area contributed by atoms with Crippen molar-refractivity contribution in [3.8, 4) is 0 Å². The average Bonchev–Trinajstić information content (AvgIpc) is 3.41. The van der Waals surface area contributed by atoms with Crippen LogP contribution < -0.4 is 0 Å². The van der Waals surface area contributed by atoms with Crippen LogP contribution in [-0.2, 0) is 9.47 Å². The molecule has 0 amide bonds. The first-order valence-electron chi connectivity index (χ1n) is 9.80. The number of aryl methyl sites for hydroxylation is 1. The van der Waals surface area contributed by atoms with Gasteiger partial charge >= 0.3 is 11.9 Å². The Bertz CT molecular complexity index is 1070. The summed E-state index contributed by atoms with van der Waals surface area (Å²) in [6.07, 6.45) is 1.98. The molecule has 1 fully saturated rings. The van der Waals surface area contributed by atoms with Crippen molar-refractivity contribution >= 4 is 23.5 Å². The zero-order chi connectivity index (χ0) is 22.3. The summed E-state index contributed by atoms with van der Waals surface area (Å²) in [5.74, 6) is -1.96. The molecule has 1 aliphatic carbocycles. The maximum Gasteiger partial charge on any atom is 0.355 e. The molecule has 3 rings (SSSR count). The molecule has 30 heavy (non-hydrogen) atoms. The number of aromatic nitrogens is 2. The lowest BCUT2D eigenvalue weighted by molar-refractivity contribution is 0.0467. The summed E-state index contributed by atoms with van der Waals surface area (Å²) in [7, 11) is 1.27. The monoisotopic (exact) mass is 414 g/mol. The molecule has 1 aliphatic rings. The van der Waals surface area contributed by atoms with Crippen LogP contribution in [-0.4, -0.2) is 46.8 Å². The average molecular weight is 414 g/mol. The minimum absolute atomic E-state index is 0.141. The number of rotatable bonds is 7. The molecule has 1 saturated carbocycles. The molecule has 8 nitrogen and oxygen atoms in total. The summed E-state index contributed by atoms with van der Waals surface area (Å²) in [5.41, 5.74) is 3.42. The van der Waals surface area contributed by atoms with Gasteiger partial charge in [-0.15, -0.1) is 0 Å². The number of nitrogens with zero attached hydrogens (tertiary/aromatic N) is 1. The van der Waals surface area contributed by atoms with Crippen molar-refractivity contribution in [3.05, 3.63) is 45.0 Å². The van der Waals surface area contributed by atoms with Crippen molar-refractivity contribution in [2.75, 3.05) is 13.7 Å². The Morgan fingerprint density at radius 2 is 1.57 bits per heavy atom. The van der Waals surface area contributed by atoms with Crippen molar-refractivity contribution in [1.82, 2.24) is 9.55 Å². The first kappa shape index (κ1) is 21.5. The van der Waals surface area contributed by atoms with E-state index in [9.17, 15) is 19.2 Å². The van der Waals surface area contributed by atoms with Gasteiger partial charge in [-0.2, -0.15) is 0 Å². The molecule has 0 unspecified atom stereocenters. The van der Waals surface area contributed by atoms with Gasteiger partial charge in [-0.25, -0.2) is 9.59 Å². The summed E-state index contributed by atoms with van der Waals surface area (Å²) >= 11 is 0. The topological polar surface area (TPSA) is 107 Å². The molecule has 2 aromatic heterocycles. The van der Waals surface area contributed by atoms with Crippen LogP contribution in [0.3, 0.4) is 0 Å². The lowest BCUT2D eigenvalue weighted by atomic mass is 10.1. The fourth-order valence-electron chi connectivity index (χ4n) is 4.19. The lowest BCUT2D eigenvalue weighted by Crippen LogP contribution is -2.18. The van der Waals surface area contributed by atoms with E-state index in [0.29, 0.717) is 28.2 Å². The molecule has 8 heteroatoms. The van der Waals surface area contributed by atoms with Gasteiger partial charge in [0, 0.05) is 28.7 Å². The second-order valence-electron chi connectivity index (χ2n) is 7.69. The smallest absolute Gasteiger partial charge is 0.355 e. The third kappa shape index (κ3) is 3.58. The lowest BCUT2D eigenvalue weighted by Gasteiger charge is -2.07. The van der Waals surface area contributed by atoms with E-state index in [2.05, 4.69) is 4.98 Å². The molecule has 2 aromatic rings. The molecule has 0 spiro atoms. The van der Waals surface area contributed by atoms with E-state index in [4.69, 9.17) is 9.47 Å². The first-order chi connectivity index (χ1) is 14.1. The number of hydrogen-bond acceptors (Lipinski definition) is 6. The largest absolute Gasteiger partial charge is 0.465 e. The van der Waals surface area contributed by atoms with Gasteiger partial charge in [-0.3, -0.25) is 9.59 Å². The Balaban J connectivity index is 1.86. The Hall–Kier alpha value is -3.16. The Morgan fingerprint density at radius 3 is 2.07 bits per heavy atom. The highest BCUT2D eigenvalue weighted by Gasteiger charge is 2.34. The van der Waals surface area contributed by atoms with Crippen molar-refractivity contribution in [1.29, 1.82) is 0 Å². The van der Waals surface area contributed by atoms with E-state index in [1.54, 1.807) is 27.7 Å². The van der Waals surface area contributed by atoms with Gasteiger partial charge in [0.1, 0.15) is 5.69 Å². The summed E-state index contributed by atoms with van der Waals surface area (Å²) in [6.45, 7) is 7.81. The van der Waals surface area contributed by atoms with E-state index >= 15 is 0 Å². The third-order valence-electron chi connectivity index (χ3n) is 5.60. The van der Waals surface area contributed by atoms with Crippen molar-refractivity contribution in [2.24, 2.45) is 0 Å². The number of methoxy groups -OCH3 is 1. The molecular weight excluding hydrogens is 388 g/mol. The number of esters is 2. The predicted molar refractivity (Wildman–Crippen MR) is 108 cm³/mol. The second-order valence-corrected chi connectivity index (χ2v) is 7.69. The van der Waals surface area contributed by atoms with Crippen LogP contribution in [0.15, 0.2) is 0 Å². The number of ether oxygens (including phenoxy) is 2. The number of hydrogen-bond donors (Lipinski definition) is 1. The molecular formula is C22H26N2O6. The van der Waals surface area contributed by atoms with E-state index in [0.717, 1.165) is 12.8 Å². The third-order valence-corrected chi connectivity index (χ3v) is 5.60. The van der Waals surface area contributed by atoms with Gasteiger partial charge in [0.25, 0.3) is 0 Å². The van der Waals surface area contributed by atoms with Gasteiger partial charge in [0.05, 0.1) is 18.2 Å². The van der Waals surface area contributed by atoms with Crippen molar-refractivity contribution in [3.63, 3.8) is 0 Å². The van der Waals surface area contributed by atoms with E-state index in [1.807, 2.05) is 4.57 Å². The van der Waals surface area contributed by atoms with Crippen LogP contribution in [0.25, 0.3) is 0 Å². The zero-order valence-electron chi connectivity index (χ0n) is 18.1. The van der Waals surface area contributed by atoms with Crippen LogP contribution in [0.4, 0.5) is 0 Å². The van der Waals surface area contributed by atoms with Gasteiger partial charge in [-0.05, 0) is 53.0 Å². The van der Waals surface area contributed by atoms with Crippen LogP contribution >= 0.6 is 0 Å². The fourth-order valence-corrected chi connectivity index (χ4v) is 4.19. The summed E-state index contributed by atoms with van der Waals surface area (Å²) in [5, 5.41) is 0. The van der Waals surface area contributed by atoms with Crippen LogP contribution in [0.5, 0.6) is 0 Å². The van der Waals surface area contributed by atoms with Gasteiger partial charge in [0.2, 0.25) is 5.78 Å². The van der Waals surface area contributed by atoms with E-state index in [1.165, 1.54) is 14.0 Å². The summed E-state index contributed by atoms with van der Waals surface area (Å²) in [6, 6.07) is 0.270. The molecule has 2 heterocycles. The quantitative estimate of drug-likeness (QED) is 0.549. The number of carbonyl (C=O) groups excluding carboxylic acids is 4. The number of Topliss-reactive ketones (excluding diaryl/α,β-unsaturated/α-hetero) is 2. The molecule has 0 saturated heterocycles. The Labute approximate surface area is 174 Å². The zero-order valence-corrected chi connectivity index (χ0v) is 18.1. The molecule has 160 valence electrons. The van der Waals surface area contributed by atoms with Crippen molar-refractivity contribution in [2.45, 2.75) is 53.5 Å². The Morgan fingerprint density at radius 1 is 0.967 bits per heavy atom. The molecule has 0 radical (unpaired) electrons. The van der Waals surface area contributed by atoms with Gasteiger partial charge in [0.15, 0.2) is 12.4 Å². The maximum absolute atomic E-state index is 13.0. The van der Waals surface area contributed by atoms with Crippen molar-refractivity contribution < 1.29 is 28.7 Å². The number of ketones is 2. The highest BCUT2D eigenvalue weighted by Crippen LogP contribution is 2.40. The predicted octanol–water partition coefficient (Wildman–Crippen LogP) is 3.41. The van der Waals surface area contributed by atoms with Crippen LogP contribution in [0, 0.1) is 27.7 Å². The van der Waals surface area contributed by atoms with E-state index in [-0.39, 0.29) is 28.6 Å². The highest BCUT2D eigenvalue weighted by atomic mass is 16.5. The van der Waals surface area contributed by atoms with Crippen LogP contribution in [0.1, 0.15) is 90.0 Å². The highest BCUT2D eigenvalue weighted by molar-refractivity contribution is 6.09. The number of aromatic amines is 1. The molecule has 0 aliphatic heterocycles. The second kappa shape index (κ2) is 7.93. The minimum Gasteiger partial charge on any atom is -0.465 e. The van der Waals surface area contributed by atoms with Crippen LogP contribution in [0.2, 0.25) is 0 Å². The first-order valence-corrected chi connectivity index (χ1v) is 9.80. The summed E-state index contributed by atoms with van der Waals surface area (Å²) in [4.78, 5) is 52.4. The molecule has 0 aromatic carbocycles. The SMILES string of the molecule is COC(=O)c1c(C(=O)COC(=O)c2[nH]c(C)c(C(C)=O)c2C)c(C)n(C2CC2)c1C. The number of carbonyl (C=O) groups is 4. The van der Waals surface area contributed by atoms with Gasteiger partial charge in [-0.1, -0.05) is 0 Å². The standard InChI is InChI=1S/C22H26N2O6/c1-10-17(14(5)25)11(2)23-20(10)22(28)30-9-16(26)18-12(3)24(15-7-8-15)13(4)19(18)21(27)29-6/h15,23H,7-9H2,1-6H3. The minimum atomic E-state index is -0.730. The number of H-pyrrole nitrogens is 1. The normalized spacial score (nSPS) is 13.3. The molecule has 0 atom stereocenters. The maximum atomic E-state index is 13.0. The number of nitrogens with one attached hydrogen (secondary N) is 1. The Kier molecular flexibility index (Phi) is 5.70. The molecule has 1 N–H and O–H groups in total. The molecule has 0 bridgehead atoms. The summed E-state index contributed by atoms with van der Waals surface area (Å²) < 4.78 is 12.1. The van der Waals surface area contributed by atoms with Gasteiger partial charge < -0.3 is 19.0 Å². The van der Waals surface area contributed by atoms with E-state index < -0.39 is 24.3 Å².